The second-order valence-electron chi connectivity index (χ2n) is 8.87. The Labute approximate surface area is 208 Å². The van der Waals surface area contributed by atoms with Gasteiger partial charge in [-0.05, 0) is 60.4 Å². The number of allylic oxidation sites excluding steroid dienone is 1. The van der Waals surface area contributed by atoms with Crippen molar-refractivity contribution in [2.24, 2.45) is 5.92 Å². The number of fused-ring (bicyclic) bond motifs is 1. The van der Waals surface area contributed by atoms with E-state index in [1.54, 1.807) is 11.3 Å². The van der Waals surface area contributed by atoms with Crippen molar-refractivity contribution in [1.29, 1.82) is 0 Å². The Morgan fingerprint density at radius 2 is 1.80 bits per heavy atom. The van der Waals surface area contributed by atoms with Gasteiger partial charge in [-0.2, -0.15) is 0 Å². The number of carbonyl (C=O) groups is 1. The van der Waals surface area contributed by atoms with Crippen LogP contribution in [0.3, 0.4) is 0 Å². The van der Waals surface area contributed by atoms with Gasteiger partial charge < -0.3 is 14.7 Å². The first kappa shape index (κ1) is 21.6. The maximum Gasteiger partial charge on any atom is 0.308 e. The van der Waals surface area contributed by atoms with Gasteiger partial charge in [-0.15, -0.1) is 0 Å². The summed E-state index contributed by atoms with van der Waals surface area (Å²) in [6, 6.07) is 24.2. The van der Waals surface area contributed by atoms with Crippen molar-refractivity contribution in [3.63, 3.8) is 0 Å². The van der Waals surface area contributed by atoms with Gasteiger partial charge in [0.25, 0.3) is 0 Å². The third kappa shape index (κ3) is 4.21. The number of hydrogen-bond donors (Lipinski definition) is 1. The molecule has 4 aromatic rings. The second kappa shape index (κ2) is 9.04. The number of aliphatic carboxylic acids is 1. The van der Waals surface area contributed by atoms with Gasteiger partial charge in [-0.1, -0.05) is 59.9 Å². The molecule has 1 aliphatic carbocycles. The number of thiazole rings is 1. The summed E-state index contributed by atoms with van der Waals surface area (Å²) in [5.74, 6) is 0.489. The second-order valence-corrected chi connectivity index (χ2v) is 9.85. The molecule has 0 amide bonds. The summed E-state index contributed by atoms with van der Waals surface area (Å²) >= 11 is 1.65. The molecule has 1 aliphatic heterocycles. The zero-order valence-electron chi connectivity index (χ0n) is 19.1. The SMILES string of the molecule is O=C(O)C1CCN(c2nc(-c3ccc(Oc4ccccc4)cc3)c(-c3cccc4c3C=CC4)s2)C1. The number of nitrogens with zero attached hydrogens (tertiary/aromatic N) is 2. The van der Waals surface area contributed by atoms with Crippen LogP contribution in [0.1, 0.15) is 17.5 Å². The fourth-order valence-electron chi connectivity index (χ4n) is 4.75. The predicted molar refractivity (Wildman–Crippen MR) is 140 cm³/mol. The van der Waals surface area contributed by atoms with Crippen LogP contribution in [0.25, 0.3) is 27.8 Å². The molecule has 35 heavy (non-hydrogen) atoms. The molecule has 1 unspecified atom stereocenters. The van der Waals surface area contributed by atoms with E-state index in [1.807, 2.05) is 54.6 Å². The van der Waals surface area contributed by atoms with Gasteiger partial charge in [0.05, 0.1) is 16.5 Å². The lowest BCUT2D eigenvalue weighted by atomic mass is 9.99. The van der Waals surface area contributed by atoms with Gasteiger partial charge >= 0.3 is 5.97 Å². The molecule has 0 spiro atoms. The lowest BCUT2D eigenvalue weighted by molar-refractivity contribution is -0.140. The zero-order valence-corrected chi connectivity index (χ0v) is 19.9. The van der Waals surface area contributed by atoms with Crippen LogP contribution in [0.4, 0.5) is 5.13 Å². The van der Waals surface area contributed by atoms with Crippen LogP contribution >= 0.6 is 11.3 Å². The number of rotatable bonds is 6. The van der Waals surface area contributed by atoms with E-state index in [-0.39, 0.29) is 5.92 Å². The molecule has 1 saturated heterocycles. The van der Waals surface area contributed by atoms with Crippen molar-refractivity contribution in [2.45, 2.75) is 12.8 Å². The van der Waals surface area contributed by atoms with Crippen LogP contribution in [0.15, 0.2) is 78.9 Å². The van der Waals surface area contributed by atoms with E-state index < -0.39 is 5.97 Å². The third-order valence-electron chi connectivity index (χ3n) is 6.59. The van der Waals surface area contributed by atoms with Gasteiger partial charge in [0.1, 0.15) is 11.5 Å². The summed E-state index contributed by atoms with van der Waals surface area (Å²) < 4.78 is 5.97. The molecule has 2 aliphatic rings. The monoisotopic (exact) mass is 480 g/mol. The van der Waals surface area contributed by atoms with Gasteiger partial charge in [0.2, 0.25) is 0 Å². The fraction of sp³-hybridized carbons (Fsp3) is 0.172. The van der Waals surface area contributed by atoms with Crippen LogP contribution in [0.2, 0.25) is 0 Å². The normalized spacial score (nSPS) is 16.5. The van der Waals surface area contributed by atoms with Crippen molar-refractivity contribution < 1.29 is 14.6 Å². The van der Waals surface area contributed by atoms with E-state index in [0.29, 0.717) is 19.5 Å². The summed E-state index contributed by atoms with van der Waals surface area (Å²) in [4.78, 5) is 19.8. The number of ether oxygens (including phenoxy) is 1. The number of aromatic nitrogens is 1. The highest BCUT2D eigenvalue weighted by atomic mass is 32.1. The maximum absolute atomic E-state index is 11.5. The highest BCUT2D eigenvalue weighted by molar-refractivity contribution is 7.19. The number of carboxylic acid groups (broad SMARTS) is 1. The molecule has 1 aromatic heterocycles. The summed E-state index contributed by atoms with van der Waals surface area (Å²) in [7, 11) is 0. The minimum Gasteiger partial charge on any atom is -0.481 e. The van der Waals surface area contributed by atoms with Crippen LogP contribution in [-0.2, 0) is 11.2 Å². The summed E-state index contributed by atoms with van der Waals surface area (Å²) in [5, 5.41) is 10.3. The molecule has 1 fully saturated rings. The van der Waals surface area contributed by atoms with E-state index in [0.717, 1.165) is 39.2 Å². The first-order valence-corrected chi connectivity index (χ1v) is 12.6. The molecule has 0 radical (unpaired) electrons. The average molecular weight is 481 g/mol. The topological polar surface area (TPSA) is 62.7 Å². The number of carboxylic acids is 1. The number of para-hydroxylation sites is 1. The Morgan fingerprint density at radius 1 is 1.00 bits per heavy atom. The minimum atomic E-state index is -0.732. The van der Waals surface area contributed by atoms with E-state index in [1.165, 1.54) is 16.7 Å². The largest absolute Gasteiger partial charge is 0.481 e. The van der Waals surface area contributed by atoms with E-state index in [9.17, 15) is 9.90 Å². The van der Waals surface area contributed by atoms with Gasteiger partial charge in [0.15, 0.2) is 5.13 Å². The predicted octanol–water partition coefficient (Wildman–Crippen LogP) is 6.75. The first-order valence-electron chi connectivity index (χ1n) is 11.8. The highest BCUT2D eigenvalue weighted by Crippen LogP contribution is 2.44. The Hall–Kier alpha value is -3.90. The molecule has 2 heterocycles. The summed E-state index contributed by atoms with van der Waals surface area (Å²) in [6.45, 7) is 1.21. The average Bonchev–Trinajstić information content (AvgIpc) is 3.64. The van der Waals surface area contributed by atoms with Crippen molar-refractivity contribution in [2.75, 3.05) is 18.0 Å². The van der Waals surface area contributed by atoms with Crippen molar-refractivity contribution in [3.05, 3.63) is 90.0 Å². The van der Waals surface area contributed by atoms with Crippen molar-refractivity contribution in [3.8, 4) is 33.2 Å². The van der Waals surface area contributed by atoms with E-state index in [4.69, 9.17) is 9.72 Å². The van der Waals surface area contributed by atoms with Crippen molar-refractivity contribution in [1.82, 2.24) is 4.98 Å². The number of hydrogen-bond acceptors (Lipinski definition) is 5. The summed E-state index contributed by atoms with van der Waals surface area (Å²) in [5.41, 5.74) is 5.67. The Morgan fingerprint density at radius 3 is 2.57 bits per heavy atom. The van der Waals surface area contributed by atoms with Crippen LogP contribution in [-0.4, -0.2) is 29.1 Å². The molecular weight excluding hydrogens is 456 g/mol. The number of benzene rings is 3. The van der Waals surface area contributed by atoms with E-state index in [2.05, 4.69) is 35.3 Å². The molecule has 0 saturated carbocycles. The Bertz CT molecular complexity index is 1410. The first-order chi connectivity index (χ1) is 17.2. The molecule has 0 bridgehead atoms. The fourth-order valence-corrected chi connectivity index (χ4v) is 5.92. The standard InChI is InChI=1S/C29H24N2O3S/c32-28(33)21-16-17-31(18-21)29-30-26(27(35-29)25-11-5-7-19-6-4-10-24(19)25)20-12-14-23(15-13-20)34-22-8-2-1-3-9-22/h1-5,7-15,21H,6,16-18H2,(H,32,33). The number of anilines is 1. The molecular formula is C29H24N2O3S. The quantitative estimate of drug-likeness (QED) is 0.331. The third-order valence-corrected chi connectivity index (χ3v) is 7.74. The van der Waals surface area contributed by atoms with E-state index >= 15 is 0 Å². The molecule has 6 rings (SSSR count). The Balaban J connectivity index is 1.38. The molecule has 1 atom stereocenters. The maximum atomic E-state index is 11.5. The molecule has 174 valence electrons. The molecule has 1 N–H and O–H groups in total. The molecule has 3 aromatic carbocycles. The van der Waals surface area contributed by atoms with Crippen LogP contribution in [0, 0.1) is 5.92 Å². The van der Waals surface area contributed by atoms with Crippen LogP contribution < -0.4 is 9.64 Å². The van der Waals surface area contributed by atoms with Gasteiger partial charge in [-0.3, -0.25) is 4.79 Å². The lowest BCUT2D eigenvalue weighted by Crippen LogP contribution is -2.22. The van der Waals surface area contributed by atoms with Gasteiger partial charge in [0, 0.05) is 24.2 Å². The highest BCUT2D eigenvalue weighted by Gasteiger charge is 2.31. The van der Waals surface area contributed by atoms with Gasteiger partial charge in [-0.25, -0.2) is 4.98 Å². The molecule has 5 nitrogen and oxygen atoms in total. The smallest absolute Gasteiger partial charge is 0.308 e. The Kier molecular flexibility index (Phi) is 5.58. The zero-order chi connectivity index (χ0) is 23.8. The van der Waals surface area contributed by atoms with Crippen molar-refractivity contribution >= 4 is 28.5 Å². The lowest BCUT2D eigenvalue weighted by Gasteiger charge is -2.13. The summed E-state index contributed by atoms with van der Waals surface area (Å²) in [6.07, 6.45) is 5.99. The minimum absolute atomic E-state index is 0.343. The van der Waals surface area contributed by atoms with Crippen LogP contribution in [0.5, 0.6) is 11.5 Å². The molecule has 6 heteroatoms.